The number of carbonyl (C=O) groups is 1. The molecule has 3 rings (SSSR count). The van der Waals surface area contributed by atoms with E-state index in [1.165, 1.54) is 11.3 Å². The first-order chi connectivity index (χ1) is 12.1. The summed E-state index contributed by atoms with van der Waals surface area (Å²) in [5.41, 5.74) is 4.86. The average Bonchev–Trinajstić information content (AvgIpc) is 3.07. The predicted molar refractivity (Wildman–Crippen MR) is 102 cm³/mol. The van der Waals surface area contributed by atoms with Crippen molar-refractivity contribution in [1.82, 2.24) is 4.98 Å². The van der Waals surface area contributed by atoms with Crippen molar-refractivity contribution in [1.29, 1.82) is 0 Å². The van der Waals surface area contributed by atoms with E-state index in [2.05, 4.69) is 10.3 Å². The van der Waals surface area contributed by atoms with Crippen molar-refractivity contribution in [3.8, 4) is 16.3 Å². The van der Waals surface area contributed by atoms with E-state index in [0.717, 1.165) is 38.8 Å². The van der Waals surface area contributed by atoms with Gasteiger partial charge in [0.2, 0.25) is 5.91 Å². The Bertz CT molecular complexity index is 902. The lowest BCUT2D eigenvalue weighted by Crippen LogP contribution is -2.15. The van der Waals surface area contributed by atoms with Crippen LogP contribution in [-0.2, 0) is 11.2 Å². The molecule has 1 aromatic heterocycles. The van der Waals surface area contributed by atoms with Crippen LogP contribution in [0.4, 0.5) is 5.69 Å². The van der Waals surface area contributed by atoms with Crippen LogP contribution in [0, 0.1) is 13.8 Å². The molecule has 0 unspecified atom stereocenters. The Morgan fingerprint density at radius 3 is 2.80 bits per heavy atom. The van der Waals surface area contributed by atoms with Crippen LogP contribution in [0.15, 0.2) is 47.8 Å². The Labute approximate surface area is 151 Å². The van der Waals surface area contributed by atoms with E-state index >= 15 is 0 Å². The van der Waals surface area contributed by atoms with Crippen molar-refractivity contribution >= 4 is 22.9 Å². The number of nitrogens with zero attached hydrogens (tertiary/aromatic N) is 1. The van der Waals surface area contributed by atoms with Crippen molar-refractivity contribution in [2.75, 3.05) is 12.4 Å². The molecule has 0 radical (unpaired) electrons. The number of thiazole rings is 1. The van der Waals surface area contributed by atoms with E-state index in [1.807, 2.05) is 61.7 Å². The fourth-order valence-corrected chi connectivity index (χ4v) is 3.34. The van der Waals surface area contributed by atoms with Gasteiger partial charge in [0.25, 0.3) is 0 Å². The molecule has 5 heteroatoms. The van der Waals surface area contributed by atoms with Crippen LogP contribution in [0.25, 0.3) is 10.6 Å². The highest BCUT2D eigenvalue weighted by Crippen LogP contribution is 2.27. The van der Waals surface area contributed by atoms with Gasteiger partial charge in [-0.25, -0.2) is 4.98 Å². The first-order valence-electron chi connectivity index (χ1n) is 8.01. The van der Waals surface area contributed by atoms with Crippen LogP contribution in [0.3, 0.4) is 0 Å². The number of hydrogen-bond donors (Lipinski definition) is 1. The molecule has 0 fully saturated rings. The number of rotatable bonds is 5. The molecule has 0 aliphatic rings. The van der Waals surface area contributed by atoms with E-state index in [-0.39, 0.29) is 12.3 Å². The second-order valence-corrected chi connectivity index (χ2v) is 6.71. The summed E-state index contributed by atoms with van der Waals surface area (Å²) in [4.78, 5) is 16.9. The van der Waals surface area contributed by atoms with Gasteiger partial charge in [-0.05, 0) is 43.2 Å². The molecule has 0 bridgehead atoms. The summed E-state index contributed by atoms with van der Waals surface area (Å²) in [6.45, 7) is 4.04. The fraction of sp³-hybridized carbons (Fsp3) is 0.200. The zero-order valence-corrected chi connectivity index (χ0v) is 15.3. The van der Waals surface area contributed by atoms with Gasteiger partial charge in [-0.1, -0.05) is 24.3 Å². The number of nitrogens with one attached hydrogen (secondary N) is 1. The normalized spacial score (nSPS) is 10.5. The molecule has 1 amide bonds. The van der Waals surface area contributed by atoms with Crippen LogP contribution < -0.4 is 10.1 Å². The quantitative estimate of drug-likeness (QED) is 0.729. The smallest absolute Gasteiger partial charge is 0.230 e. The Kier molecular flexibility index (Phi) is 5.14. The molecule has 0 saturated heterocycles. The third kappa shape index (κ3) is 4.06. The van der Waals surface area contributed by atoms with E-state index in [4.69, 9.17) is 4.74 Å². The standard InChI is InChI=1S/C20H20N2O2S/c1-13-6-4-9-18(14(13)2)22-19(23)11-16-12-25-20(21-16)15-7-5-8-17(10-15)24-3/h4-10,12H,11H2,1-3H3,(H,22,23). The number of hydrogen-bond acceptors (Lipinski definition) is 4. The van der Waals surface area contributed by atoms with Gasteiger partial charge in [-0.15, -0.1) is 11.3 Å². The van der Waals surface area contributed by atoms with E-state index in [1.54, 1.807) is 7.11 Å². The molecule has 1 heterocycles. The summed E-state index contributed by atoms with van der Waals surface area (Å²) < 4.78 is 5.25. The second-order valence-electron chi connectivity index (χ2n) is 5.85. The zero-order chi connectivity index (χ0) is 17.8. The minimum Gasteiger partial charge on any atom is -0.497 e. The minimum atomic E-state index is -0.0591. The number of ether oxygens (including phenoxy) is 1. The molecule has 128 valence electrons. The number of aromatic nitrogens is 1. The van der Waals surface area contributed by atoms with Crippen LogP contribution in [0.2, 0.25) is 0 Å². The van der Waals surface area contributed by atoms with Gasteiger partial charge in [0.15, 0.2) is 0 Å². The molecule has 25 heavy (non-hydrogen) atoms. The monoisotopic (exact) mass is 352 g/mol. The third-order valence-corrected chi connectivity index (χ3v) is 5.03. The first-order valence-corrected chi connectivity index (χ1v) is 8.89. The van der Waals surface area contributed by atoms with Gasteiger partial charge in [-0.2, -0.15) is 0 Å². The molecule has 0 aliphatic heterocycles. The van der Waals surface area contributed by atoms with Crippen LogP contribution in [-0.4, -0.2) is 18.0 Å². The second kappa shape index (κ2) is 7.49. The Balaban J connectivity index is 1.70. The van der Waals surface area contributed by atoms with Crippen molar-refractivity contribution < 1.29 is 9.53 Å². The van der Waals surface area contributed by atoms with Crippen molar-refractivity contribution in [3.05, 3.63) is 64.7 Å². The highest BCUT2D eigenvalue weighted by Gasteiger charge is 2.11. The van der Waals surface area contributed by atoms with Gasteiger partial charge in [0, 0.05) is 16.6 Å². The Hall–Kier alpha value is -2.66. The number of anilines is 1. The molecule has 2 aromatic carbocycles. The summed E-state index contributed by atoms with van der Waals surface area (Å²) in [6.07, 6.45) is 0.258. The summed E-state index contributed by atoms with van der Waals surface area (Å²) in [7, 11) is 1.64. The lowest BCUT2D eigenvalue weighted by molar-refractivity contribution is -0.115. The average molecular weight is 352 g/mol. The highest BCUT2D eigenvalue weighted by atomic mass is 32.1. The number of methoxy groups -OCH3 is 1. The molecule has 1 N–H and O–H groups in total. The summed E-state index contributed by atoms with van der Waals surface area (Å²) in [5, 5.41) is 5.78. The Morgan fingerprint density at radius 2 is 2.00 bits per heavy atom. The number of carbonyl (C=O) groups excluding carboxylic acids is 1. The number of benzene rings is 2. The topological polar surface area (TPSA) is 51.2 Å². The molecule has 0 aliphatic carbocycles. The summed E-state index contributed by atoms with van der Waals surface area (Å²) in [5.74, 6) is 0.734. The first kappa shape index (κ1) is 17.2. The van der Waals surface area contributed by atoms with Gasteiger partial charge < -0.3 is 10.1 Å². The fourth-order valence-electron chi connectivity index (χ4n) is 2.52. The third-order valence-electron chi connectivity index (χ3n) is 4.09. The van der Waals surface area contributed by atoms with Crippen molar-refractivity contribution in [2.24, 2.45) is 0 Å². The lowest BCUT2D eigenvalue weighted by atomic mass is 10.1. The zero-order valence-electron chi connectivity index (χ0n) is 14.5. The number of amides is 1. The lowest BCUT2D eigenvalue weighted by Gasteiger charge is -2.09. The molecule has 0 atom stereocenters. The molecular formula is C20H20N2O2S. The predicted octanol–water partition coefficient (Wildman–Crippen LogP) is 4.62. The van der Waals surface area contributed by atoms with E-state index in [9.17, 15) is 4.79 Å². The minimum absolute atomic E-state index is 0.0591. The molecule has 0 spiro atoms. The van der Waals surface area contributed by atoms with Crippen LogP contribution >= 0.6 is 11.3 Å². The van der Waals surface area contributed by atoms with Gasteiger partial charge in [0.1, 0.15) is 10.8 Å². The van der Waals surface area contributed by atoms with Crippen molar-refractivity contribution in [3.63, 3.8) is 0 Å². The van der Waals surface area contributed by atoms with E-state index < -0.39 is 0 Å². The maximum atomic E-state index is 12.3. The van der Waals surface area contributed by atoms with Crippen LogP contribution in [0.1, 0.15) is 16.8 Å². The van der Waals surface area contributed by atoms with Crippen LogP contribution in [0.5, 0.6) is 5.75 Å². The molecule has 0 saturated carbocycles. The molecule has 4 nitrogen and oxygen atoms in total. The maximum Gasteiger partial charge on any atom is 0.230 e. The van der Waals surface area contributed by atoms with Crippen molar-refractivity contribution in [2.45, 2.75) is 20.3 Å². The Morgan fingerprint density at radius 1 is 1.20 bits per heavy atom. The number of aryl methyl sites for hydroxylation is 1. The summed E-state index contributed by atoms with van der Waals surface area (Å²) in [6, 6.07) is 13.7. The van der Waals surface area contributed by atoms with Gasteiger partial charge in [0.05, 0.1) is 19.2 Å². The SMILES string of the molecule is COc1cccc(-c2nc(CC(=O)Nc3cccc(C)c3C)cs2)c1. The largest absolute Gasteiger partial charge is 0.497 e. The summed E-state index contributed by atoms with van der Waals surface area (Å²) >= 11 is 1.53. The molecular weight excluding hydrogens is 332 g/mol. The van der Waals surface area contributed by atoms with Gasteiger partial charge in [-0.3, -0.25) is 4.79 Å². The highest BCUT2D eigenvalue weighted by molar-refractivity contribution is 7.13. The maximum absolute atomic E-state index is 12.3. The van der Waals surface area contributed by atoms with E-state index in [0.29, 0.717) is 0 Å². The molecule has 3 aromatic rings. The van der Waals surface area contributed by atoms with Gasteiger partial charge >= 0.3 is 0 Å².